The van der Waals surface area contributed by atoms with E-state index in [1.807, 2.05) is 0 Å². The Kier molecular flexibility index (Phi) is 3.66. The summed E-state index contributed by atoms with van der Waals surface area (Å²) in [5.74, 6) is 1.09. The minimum Gasteiger partial charge on any atom is -0.486 e. The lowest BCUT2D eigenvalue weighted by Gasteiger charge is -2.20. The number of nitrogens with zero attached hydrogens (tertiary/aromatic N) is 1. The number of para-hydroxylation sites is 1. The largest absolute Gasteiger partial charge is 0.486 e. The van der Waals surface area contributed by atoms with Gasteiger partial charge in [-0.2, -0.15) is 0 Å². The molecule has 0 atom stereocenters. The lowest BCUT2D eigenvalue weighted by atomic mass is 10.1. The quantitative estimate of drug-likeness (QED) is 0.869. The Morgan fingerprint density at radius 3 is 2.95 bits per heavy atom. The van der Waals surface area contributed by atoms with E-state index in [4.69, 9.17) is 15.2 Å². The maximum absolute atomic E-state index is 12.4. The van der Waals surface area contributed by atoms with Gasteiger partial charge >= 0.3 is 0 Å². The number of nitrogens with two attached hydrogens (primary N) is 1. The number of hydrogen-bond acceptors (Lipinski definition) is 5. The zero-order valence-electron chi connectivity index (χ0n) is 10.9. The average molecular weight is 350 g/mol. The molecule has 1 aliphatic rings. The molecular weight excluding hydrogens is 338 g/mol. The van der Waals surface area contributed by atoms with Crippen molar-refractivity contribution in [2.24, 2.45) is 0 Å². The maximum Gasteiger partial charge on any atom is 0.260 e. The van der Waals surface area contributed by atoms with E-state index in [9.17, 15) is 4.79 Å². The summed E-state index contributed by atoms with van der Waals surface area (Å²) >= 11 is 3.31. The third kappa shape index (κ3) is 2.78. The Morgan fingerprint density at radius 1 is 1.33 bits per heavy atom. The van der Waals surface area contributed by atoms with Crippen molar-refractivity contribution in [3.63, 3.8) is 0 Å². The van der Waals surface area contributed by atoms with E-state index < -0.39 is 0 Å². The number of nitrogen functional groups attached to an aromatic ring is 1. The number of amides is 1. The highest BCUT2D eigenvalue weighted by molar-refractivity contribution is 9.10. The van der Waals surface area contributed by atoms with Crippen LogP contribution in [0.3, 0.4) is 0 Å². The van der Waals surface area contributed by atoms with Crippen molar-refractivity contribution in [3.05, 3.63) is 40.5 Å². The molecule has 2 heterocycles. The predicted molar refractivity (Wildman–Crippen MR) is 81.7 cm³/mol. The summed E-state index contributed by atoms with van der Waals surface area (Å²) in [5, 5.41) is 2.72. The summed E-state index contributed by atoms with van der Waals surface area (Å²) in [6, 6.07) is 6.85. The number of rotatable bonds is 2. The molecule has 6 nitrogen and oxygen atoms in total. The van der Waals surface area contributed by atoms with E-state index in [2.05, 4.69) is 26.2 Å². The molecule has 2 aromatic rings. The normalized spacial score (nSPS) is 12.8. The third-order valence-corrected chi connectivity index (χ3v) is 3.51. The van der Waals surface area contributed by atoms with Crippen LogP contribution >= 0.6 is 15.9 Å². The van der Waals surface area contributed by atoms with Gasteiger partial charge in [-0.1, -0.05) is 6.07 Å². The number of aromatic nitrogens is 1. The van der Waals surface area contributed by atoms with Crippen molar-refractivity contribution in [2.45, 2.75) is 0 Å². The molecule has 0 bridgehead atoms. The van der Waals surface area contributed by atoms with Gasteiger partial charge < -0.3 is 20.5 Å². The topological polar surface area (TPSA) is 86.5 Å². The minimum absolute atomic E-state index is 0.324. The highest BCUT2D eigenvalue weighted by Crippen LogP contribution is 2.34. The maximum atomic E-state index is 12.4. The number of ether oxygens (including phenoxy) is 2. The zero-order valence-corrected chi connectivity index (χ0v) is 12.5. The van der Waals surface area contributed by atoms with Crippen LogP contribution in [0, 0.1) is 0 Å². The van der Waals surface area contributed by atoms with Crippen LogP contribution in [-0.2, 0) is 0 Å². The van der Waals surface area contributed by atoms with Gasteiger partial charge in [0.1, 0.15) is 19.0 Å². The molecule has 0 radical (unpaired) electrons. The number of hydrogen-bond donors (Lipinski definition) is 2. The number of carbonyl (C=O) groups excluding carboxylic acids is 1. The van der Waals surface area contributed by atoms with E-state index in [1.165, 1.54) is 6.20 Å². The van der Waals surface area contributed by atoms with Crippen molar-refractivity contribution < 1.29 is 14.3 Å². The number of anilines is 2. The molecule has 0 spiro atoms. The van der Waals surface area contributed by atoms with Gasteiger partial charge in [-0.25, -0.2) is 4.98 Å². The molecule has 1 aromatic heterocycles. The standard InChI is InChI=1S/C14H12BrN3O3/c15-10-6-8(16)7-17-13(10)18-14(19)9-2-1-3-11-12(9)21-5-4-20-11/h1-3,6-7H,4-5,16H2,(H,17,18,19). The Morgan fingerprint density at radius 2 is 2.14 bits per heavy atom. The summed E-state index contributed by atoms with van der Waals surface area (Å²) < 4.78 is 11.6. The summed E-state index contributed by atoms with van der Waals surface area (Å²) in [6.07, 6.45) is 1.47. The molecule has 1 amide bonds. The first-order valence-corrected chi connectivity index (χ1v) is 7.05. The Hall–Kier alpha value is -2.28. The number of halogens is 1. The van der Waals surface area contributed by atoms with Gasteiger partial charge in [0.2, 0.25) is 0 Å². The molecule has 3 rings (SSSR count). The van der Waals surface area contributed by atoms with Crippen LogP contribution in [0.5, 0.6) is 11.5 Å². The number of carbonyl (C=O) groups is 1. The first-order chi connectivity index (χ1) is 10.1. The van der Waals surface area contributed by atoms with E-state index in [-0.39, 0.29) is 5.91 Å². The monoisotopic (exact) mass is 349 g/mol. The van der Waals surface area contributed by atoms with Crippen molar-refractivity contribution >= 4 is 33.3 Å². The SMILES string of the molecule is Nc1cnc(NC(=O)c2cccc3c2OCCO3)c(Br)c1. The van der Waals surface area contributed by atoms with Gasteiger partial charge in [-0.05, 0) is 34.1 Å². The van der Waals surface area contributed by atoms with Crippen molar-refractivity contribution in [1.29, 1.82) is 0 Å². The summed E-state index contributed by atoms with van der Waals surface area (Å²) in [6.45, 7) is 0.893. The number of pyridine rings is 1. The zero-order chi connectivity index (χ0) is 14.8. The lowest BCUT2D eigenvalue weighted by Crippen LogP contribution is -2.20. The second-order valence-electron chi connectivity index (χ2n) is 4.38. The highest BCUT2D eigenvalue weighted by Gasteiger charge is 2.21. The molecule has 0 unspecified atom stereocenters. The van der Waals surface area contributed by atoms with Crippen LogP contribution in [0.1, 0.15) is 10.4 Å². The number of benzene rings is 1. The van der Waals surface area contributed by atoms with Crippen molar-refractivity contribution in [3.8, 4) is 11.5 Å². The Labute approximate surface area is 129 Å². The smallest absolute Gasteiger partial charge is 0.260 e. The molecule has 0 saturated heterocycles. The Bertz CT molecular complexity index is 706. The van der Waals surface area contributed by atoms with Gasteiger partial charge in [0, 0.05) is 0 Å². The molecule has 21 heavy (non-hydrogen) atoms. The van der Waals surface area contributed by atoms with E-state index in [1.54, 1.807) is 24.3 Å². The molecule has 1 aliphatic heterocycles. The molecular formula is C14H12BrN3O3. The number of fused-ring (bicyclic) bond motifs is 1. The van der Waals surface area contributed by atoms with Gasteiger partial charge in [0.25, 0.3) is 5.91 Å². The summed E-state index contributed by atoms with van der Waals surface area (Å²) in [5.41, 5.74) is 6.53. The molecule has 0 saturated carbocycles. The van der Waals surface area contributed by atoms with Crippen LogP contribution in [0.2, 0.25) is 0 Å². The first kappa shape index (κ1) is 13.7. The van der Waals surface area contributed by atoms with E-state index in [0.29, 0.717) is 46.3 Å². The molecule has 0 aliphatic carbocycles. The minimum atomic E-state index is -0.324. The van der Waals surface area contributed by atoms with Crippen molar-refractivity contribution in [1.82, 2.24) is 4.98 Å². The van der Waals surface area contributed by atoms with Gasteiger partial charge in [-0.15, -0.1) is 0 Å². The molecule has 108 valence electrons. The van der Waals surface area contributed by atoms with Gasteiger partial charge in [0.05, 0.1) is 21.9 Å². The van der Waals surface area contributed by atoms with Crippen LogP contribution < -0.4 is 20.5 Å². The summed E-state index contributed by atoms with van der Waals surface area (Å²) in [4.78, 5) is 16.5. The highest BCUT2D eigenvalue weighted by atomic mass is 79.9. The second kappa shape index (κ2) is 5.61. The molecule has 3 N–H and O–H groups in total. The van der Waals surface area contributed by atoms with E-state index >= 15 is 0 Å². The van der Waals surface area contributed by atoms with Crippen LogP contribution in [-0.4, -0.2) is 24.1 Å². The van der Waals surface area contributed by atoms with Crippen LogP contribution in [0.4, 0.5) is 11.5 Å². The van der Waals surface area contributed by atoms with Crippen LogP contribution in [0.15, 0.2) is 34.9 Å². The predicted octanol–water partition coefficient (Wildman–Crippen LogP) is 2.45. The van der Waals surface area contributed by atoms with Gasteiger partial charge in [-0.3, -0.25) is 4.79 Å². The first-order valence-electron chi connectivity index (χ1n) is 6.26. The third-order valence-electron chi connectivity index (χ3n) is 2.91. The fourth-order valence-electron chi connectivity index (χ4n) is 1.97. The van der Waals surface area contributed by atoms with Crippen molar-refractivity contribution in [2.75, 3.05) is 24.3 Å². The fraction of sp³-hybridized carbons (Fsp3) is 0.143. The van der Waals surface area contributed by atoms with Crippen LogP contribution in [0.25, 0.3) is 0 Å². The Balaban J connectivity index is 1.89. The lowest BCUT2D eigenvalue weighted by molar-refractivity contribution is 0.101. The summed E-state index contributed by atoms with van der Waals surface area (Å²) in [7, 11) is 0. The average Bonchev–Trinajstić information content (AvgIpc) is 2.49. The number of nitrogens with one attached hydrogen (secondary N) is 1. The molecule has 7 heteroatoms. The second-order valence-corrected chi connectivity index (χ2v) is 5.24. The molecule has 0 fully saturated rings. The molecule has 1 aromatic carbocycles. The fourth-order valence-corrected chi connectivity index (χ4v) is 2.44. The van der Waals surface area contributed by atoms with E-state index in [0.717, 1.165) is 0 Å². The van der Waals surface area contributed by atoms with Gasteiger partial charge in [0.15, 0.2) is 11.5 Å².